The van der Waals surface area contributed by atoms with E-state index < -0.39 is 0 Å². The average molecular weight is 254 g/mol. The molecule has 1 saturated heterocycles. The Morgan fingerprint density at radius 2 is 2.11 bits per heavy atom. The van der Waals surface area contributed by atoms with Crippen LogP contribution >= 0.6 is 0 Å². The van der Waals surface area contributed by atoms with Crippen molar-refractivity contribution in [3.05, 3.63) is 0 Å². The Balaban J connectivity index is 1.83. The normalized spacial score (nSPS) is 31.2. The van der Waals surface area contributed by atoms with E-state index in [2.05, 4.69) is 12.2 Å². The number of nitrogens with one attached hydrogen (secondary N) is 1. The molecule has 1 amide bonds. The van der Waals surface area contributed by atoms with Gasteiger partial charge in [0.25, 0.3) is 0 Å². The lowest BCUT2D eigenvalue weighted by Gasteiger charge is -2.36. The van der Waals surface area contributed by atoms with Crippen LogP contribution in [0.2, 0.25) is 0 Å². The van der Waals surface area contributed by atoms with Crippen LogP contribution in [0.3, 0.4) is 0 Å². The van der Waals surface area contributed by atoms with Crippen molar-refractivity contribution in [2.45, 2.75) is 51.6 Å². The van der Waals surface area contributed by atoms with Gasteiger partial charge in [-0.3, -0.25) is 4.79 Å². The minimum Gasteiger partial charge on any atom is -0.368 e. The third-order valence-corrected chi connectivity index (χ3v) is 4.63. The van der Waals surface area contributed by atoms with Crippen molar-refractivity contribution in [1.29, 1.82) is 0 Å². The Bertz CT molecular complexity index is 288. The summed E-state index contributed by atoms with van der Waals surface area (Å²) in [5.74, 6) is 0.392. The van der Waals surface area contributed by atoms with Crippen molar-refractivity contribution < 1.29 is 9.53 Å². The molecule has 1 aliphatic heterocycles. The lowest BCUT2D eigenvalue weighted by molar-refractivity contribution is -0.132. The van der Waals surface area contributed by atoms with Gasteiger partial charge in [-0.05, 0) is 37.1 Å². The largest absolute Gasteiger partial charge is 0.368 e. The van der Waals surface area contributed by atoms with Gasteiger partial charge in [-0.25, -0.2) is 0 Å². The summed E-state index contributed by atoms with van der Waals surface area (Å²) in [5.41, 5.74) is 6.06. The van der Waals surface area contributed by atoms with Crippen molar-refractivity contribution in [2.24, 2.45) is 17.1 Å². The molecule has 0 aromatic heterocycles. The first kappa shape index (κ1) is 13.8. The zero-order valence-corrected chi connectivity index (χ0v) is 11.4. The van der Waals surface area contributed by atoms with Gasteiger partial charge < -0.3 is 15.8 Å². The van der Waals surface area contributed by atoms with Crippen molar-refractivity contribution in [3.63, 3.8) is 0 Å². The molecule has 2 aliphatic rings. The number of rotatable bonds is 4. The van der Waals surface area contributed by atoms with Gasteiger partial charge >= 0.3 is 0 Å². The Morgan fingerprint density at radius 1 is 1.39 bits per heavy atom. The molecule has 4 nitrogen and oxygen atoms in total. The number of carbonyl (C=O) groups excluding carboxylic acids is 1. The van der Waals surface area contributed by atoms with Gasteiger partial charge in [0.2, 0.25) is 5.91 Å². The maximum Gasteiger partial charge on any atom is 0.249 e. The predicted molar refractivity (Wildman–Crippen MR) is 71.1 cm³/mol. The van der Waals surface area contributed by atoms with Crippen molar-refractivity contribution in [2.75, 3.05) is 19.7 Å². The Morgan fingerprint density at radius 3 is 2.67 bits per heavy atom. The van der Waals surface area contributed by atoms with E-state index in [-0.39, 0.29) is 17.4 Å². The van der Waals surface area contributed by atoms with E-state index in [0.29, 0.717) is 19.1 Å². The highest BCUT2D eigenvalue weighted by atomic mass is 16.5. The van der Waals surface area contributed by atoms with Crippen LogP contribution in [0.15, 0.2) is 0 Å². The highest BCUT2D eigenvalue weighted by Gasteiger charge is 2.34. The molecule has 4 heteroatoms. The quantitative estimate of drug-likeness (QED) is 0.798. The third-order valence-electron chi connectivity index (χ3n) is 4.63. The third kappa shape index (κ3) is 3.04. The zero-order chi connectivity index (χ0) is 13.0. The fourth-order valence-electron chi connectivity index (χ4n) is 3.16. The van der Waals surface area contributed by atoms with Gasteiger partial charge in [-0.2, -0.15) is 0 Å². The van der Waals surface area contributed by atoms with Crippen LogP contribution in [0.25, 0.3) is 0 Å². The summed E-state index contributed by atoms with van der Waals surface area (Å²) in [4.78, 5) is 12.1. The molecular weight excluding hydrogens is 228 g/mol. The lowest BCUT2D eigenvalue weighted by atomic mass is 9.74. The van der Waals surface area contributed by atoms with Crippen LogP contribution in [0, 0.1) is 11.3 Å². The number of amides is 1. The summed E-state index contributed by atoms with van der Waals surface area (Å²) >= 11 is 0. The van der Waals surface area contributed by atoms with Gasteiger partial charge in [-0.1, -0.05) is 26.2 Å². The molecule has 2 unspecified atom stereocenters. The van der Waals surface area contributed by atoms with Gasteiger partial charge in [0.1, 0.15) is 6.10 Å². The molecule has 1 saturated carbocycles. The lowest BCUT2D eigenvalue weighted by Crippen LogP contribution is -2.47. The minimum absolute atomic E-state index is 0.0541. The summed E-state index contributed by atoms with van der Waals surface area (Å²) in [5, 5.41) is 3.07. The molecule has 0 aromatic carbocycles. The molecule has 18 heavy (non-hydrogen) atoms. The van der Waals surface area contributed by atoms with Crippen LogP contribution in [-0.2, 0) is 9.53 Å². The minimum atomic E-state index is -0.247. The molecule has 0 radical (unpaired) electrons. The van der Waals surface area contributed by atoms with E-state index in [9.17, 15) is 4.79 Å². The SMILES string of the molecule is CC1CCOC1C(=O)NCC1(CN)CCCCC1. The van der Waals surface area contributed by atoms with E-state index in [4.69, 9.17) is 10.5 Å². The molecule has 0 spiro atoms. The molecule has 0 aromatic rings. The summed E-state index contributed by atoms with van der Waals surface area (Å²) in [6.07, 6.45) is 6.81. The van der Waals surface area contributed by atoms with Gasteiger partial charge in [-0.15, -0.1) is 0 Å². The monoisotopic (exact) mass is 254 g/mol. The second kappa shape index (κ2) is 6.02. The Kier molecular flexibility index (Phi) is 4.62. The first-order valence-corrected chi connectivity index (χ1v) is 7.26. The zero-order valence-electron chi connectivity index (χ0n) is 11.4. The summed E-state index contributed by atoms with van der Waals surface area (Å²) in [6, 6.07) is 0. The van der Waals surface area contributed by atoms with Crippen LogP contribution in [0.4, 0.5) is 0 Å². The fourth-order valence-corrected chi connectivity index (χ4v) is 3.16. The molecule has 0 bridgehead atoms. The predicted octanol–water partition coefficient (Wildman–Crippen LogP) is 1.44. The van der Waals surface area contributed by atoms with Crippen LogP contribution in [-0.4, -0.2) is 31.7 Å². The fraction of sp³-hybridized carbons (Fsp3) is 0.929. The number of hydrogen-bond acceptors (Lipinski definition) is 3. The first-order chi connectivity index (χ1) is 8.67. The topological polar surface area (TPSA) is 64.3 Å². The van der Waals surface area contributed by atoms with Crippen molar-refractivity contribution >= 4 is 5.91 Å². The highest BCUT2D eigenvalue weighted by Crippen LogP contribution is 2.34. The molecule has 2 rings (SSSR count). The van der Waals surface area contributed by atoms with Crippen molar-refractivity contribution in [1.82, 2.24) is 5.32 Å². The standard InChI is InChI=1S/C14H26N2O2/c1-11-5-8-18-12(11)13(17)16-10-14(9-15)6-3-2-4-7-14/h11-12H,2-10,15H2,1H3,(H,16,17). The second-order valence-corrected chi connectivity index (χ2v) is 6.04. The van der Waals surface area contributed by atoms with Crippen LogP contribution in [0.5, 0.6) is 0 Å². The van der Waals surface area contributed by atoms with E-state index in [1.54, 1.807) is 0 Å². The molecule has 104 valence electrons. The Labute approximate surface area is 110 Å². The summed E-state index contributed by atoms with van der Waals surface area (Å²) in [7, 11) is 0. The summed E-state index contributed by atoms with van der Waals surface area (Å²) in [6.45, 7) is 4.18. The van der Waals surface area contributed by atoms with Crippen LogP contribution in [0.1, 0.15) is 45.4 Å². The molecule has 2 fully saturated rings. The molecular formula is C14H26N2O2. The van der Waals surface area contributed by atoms with E-state index >= 15 is 0 Å². The van der Waals surface area contributed by atoms with E-state index in [0.717, 1.165) is 25.8 Å². The number of carbonyl (C=O) groups is 1. The van der Waals surface area contributed by atoms with E-state index in [1.807, 2.05) is 0 Å². The highest BCUT2D eigenvalue weighted by molar-refractivity contribution is 5.81. The maximum absolute atomic E-state index is 12.1. The molecule has 2 atom stereocenters. The molecule has 1 heterocycles. The smallest absolute Gasteiger partial charge is 0.249 e. The van der Waals surface area contributed by atoms with Gasteiger partial charge in [0, 0.05) is 13.2 Å². The van der Waals surface area contributed by atoms with Crippen molar-refractivity contribution in [3.8, 4) is 0 Å². The number of ether oxygens (including phenoxy) is 1. The van der Waals surface area contributed by atoms with Gasteiger partial charge in [0.05, 0.1) is 0 Å². The van der Waals surface area contributed by atoms with E-state index in [1.165, 1.54) is 19.3 Å². The second-order valence-electron chi connectivity index (χ2n) is 6.04. The molecule has 3 N–H and O–H groups in total. The average Bonchev–Trinajstić information content (AvgIpc) is 2.83. The first-order valence-electron chi connectivity index (χ1n) is 7.26. The van der Waals surface area contributed by atoms with Gasteiger partial charge in [0.15, 0.2) is 0 Å². The Hall–Kier alpha value is -0.610. The summed E-state index contributed by atoms with van der Waals surface area (Å²) < 4.78 is 5.49. The number of hydrogen-bond donors (Lipinski definition) is 2. The van der Waals surface area contributed by atoms with Crippen LogP contribution < -0.4 is 11.1 Å². The maximum atomic E-state index is 12.1. The molecule has 1 aliphatic carbocycles. The number of nitrogens with two attached hydrogens (primary N) is 1.